The summed E-state index contributed by atoms with van der Waals surface area (Å²) in [7, 11) is 0. The van der Waals surface area contributed by atoms with E-state index in [-0.39, 0.29) is 24.4 Å². The van der Waals surface area contributed by atoms with Crippen LogP contribution in [0.4, 0.5) is 4.79 Å². The maximum absolute atomic E-state index is 12.3. The van der Waals surface area contributed by atoms with Gasteiger partial charge in [-0.1, -0.05) is 23.7 Å². The lowest BCUT2D eigenvalue weighted by atomic mass is 10.0. The number of ether oxygens (including phenoxy) is 2. The summed E-state index contributed by atoms with van der Waals surface area (Å²) in [5.74, 6) is 0.425. The highest BCUT2D eigenvalue weighted by atomic mass is 35.5. The highest BCUT2D eigenvalue weighted by Gasteiger charge is 2.24. The molecule has 0 aromatic heterocycles. The molecule has 1 fully saturated rings. The highest BCUT2D eigenvalue weighted by molar-refractivity contribution is 6.32. The Labute approximate surface area is 188 Å². The summed E-state index contributed by atoms with van der Waals surface area (Å²) in [4.78, 5) is 37.8. The molecule has 1 heterocycles. The minimum atomic E-state index is -0.610. The van der Waals surface area contributed by atoms with Crippen LogP contribution < -0.4 is 15.4 Å². The lowest BCUT2D eigenvalue weighted by Gasteiger charge is -2.32. The maximum atomic E-state index is 12.3. The Kier molecular flexibility index (Phi) is 9.43. The first-order chi connectivity index (χ1) is 14.6. The van der Waals surface area contributed by atoms with Crippen LogP contribution in [0.25, 0.3) is 0 Å². The predicted molar refractivity (Wildman–Crippen MR) is 118 cm³/mol. The molecule has 0 unspecified atom stereocenters. The molecule has 0 saturated carbocycles. The number of benzene rings is 1. The quantitative estimate of drug-likeness (QED) is 0.589. The summed E-state index contributed by atoms with van der Waals surface area (Å²) in [6.45, 7) is 6.68. The van der Waals surface area contributed by atoms with Crippen molar-refractivity contribution in [3.8, 4) is 5.75 Å². The van der Waals surface area contributed by atoms with E-state index in [0.717, 1.165) is 0 Å². The molecule has 0 spiro atoms. The van der Waals surface area contributed by atoms with Gasteiger partial charge in [0, 0.05) is 25.6 Å². The third-order valence-electron chi connectivity index (χ3n) is 4.64. The van der Waals surface area contributed by atoms with Crippen LogP contribution in [0, 0.1) is 0 Å². The molecule has 172 valence electrons. The number of piperidine rings is 1. The van der Waals surface area contributed by atoms with E-state index >= 15 is 0 Å². The van der Waals surface area contributed by atoms with Crippen LogP contribution in [0.2, 0.25) is 5.02 Å². The average Bonchev–Trinajstić information content (AvgIpc) is 2.70. The molecule has 2 rings (SSSR count). The van der Waals surface area contributed by atoms with Crippen molar-refractivity contribution < 1.29 is 23.9 Å². The molecule has 31 heavy (non-hydrogen) atoms. The molecule has 1 aliphatic heterocycles. The Bertz CT molecular complexity index is 758. The van der Waals surface area contributed by atoms with E-state index in [1.165, 1.54) is 0 Å². The summed E-state index contributed by atoms with van der Waals surface area (Å²) in [6.07, 6.45) is 1.70. The molecule has 1 aliphatic rings. The summed E-state index contributed by atoms with van der Waals surface area (Å²) in [5, 5.41) is 6.05. The van der Waals surface area contributed by atoms with E-state index in [1.54, 1.807) is 37.8 Å². The van der Waals surface area contributed by atoms with Crippen LogP contribution in [0.1, 0.15) is 46.5 Å². The van der Waals surface area contributed by atoms with Crippen LogP contribution >= 0.6 is 11.6 Å². The number of rotatable bonds is 8. The minimum absolute atomic E-state index is 0.0286. The topological polar surface area (TPSA) is 97.0 Å². The molecule has 1 saturated heterocycles. The van der Waals surface area contributed by atoms with Crippen molar-refractivity contribution in [3.63, 3.8) is 0 Å². The maximum Gasteiger partial charge on any atom is 0.408 e. The monoisotopic (exact) mass is 453 g/mol. The van der Waals surface area contributed by atoms with Gasteiger partial charge >= 0.3 is 6.09 Å². The summed E-state index contributed by atoms with van der Waals surface area (Å²) >= 11 is 6.03. The second-order valence-electron chi connectivity index (χ2n) is 8.46. The first-order valence-corrected chi connectivity index (χ1v) is 10.9. The Hall–Kier alpha value is -2.48. The first kappa shape index (κ1) is 24.8. The fourth-order valence-electron chi connectivity index (χ4n) is 3.12. The van der Waals surface area contributed by atoms with Gasteiger partial charge in [-0.05, 0) is 52.2 Å². The average molecular weight is 454 g/mol. The standard InChI is InChI=1S/C22H32ClN3O5/c1-22(2,3)31-21(29)24-15-20(28)26-12-10-16(11-13-26)25-19(27)9-6-14-30-18-8-5-4-7-17(18)23/h4-5,7-8,16H,6,9-15H2,1-3H3,(H,24,29)(H,25,27). The third kappa shape index (κ3) is 9.46. The van der Waals surface area contributed by atoms with Crippen LogP contribution in [-0.4, -0.2) is 60.7 Å². The number of para-hydroxylation sites is 1. The number of halogens is 1. The molecule has 8 nitrogen and oxygen atoms in total. The predicted octanol–water partition coefficient (Wildman–Crippen LogP) is 3.13. The number of carbonyl (C=O) groups excluding carboxylic acids is 3. The molecular formula is C22H32ClN3O5. The lowest BCUT2D eigenvalue weighted by molar-refractivity contribution is -0.131. The number of amides is 3. The molecule has 0 bridgehead atoms. The molecule has 3 amide bonds. The van der Waals surface area contributed by atoms with Crippen LogP contribution in [0.5, 0.6) is 5.75 Å². The van der Waals surface area contributed by atoms with Gasteiger partial charge in [0.15, 0.2) is 0 Å². The minimum Gasteiger partial charge on any atom is -0.492 e. The van der Waals surface area contributed by atoms with E-state index in [9.17, 15) is 14.4 Å². The molecular weight excluding hydrogens is 422 g/mol. The normalized spacial score (nSPS) is 14.6. The van der Waals surface area contributed by atoms with Crippen molar-refractivity contribution in [2.75, 3.05) is 26.2 Å². The zero-order valence-corrected chi connectivity index (χ0v) is 19.2. The zero-order chi connectivity index (χ0) is 22.9. The van der Waals surface area contributed by atoms with Gasteiger partial charge in [0.25, 0.3) is 0 Å². The van der Waals surface area contributed by atoms with Crippen molar-refractivity contribution in [2.24, 2.45) is 0 Å². The second kappa shape index (κ2) is 11.8. The van der Waals surface area contributed by atoms with Gasteiger partial charge in [-0.25, -0.2) is 4.79 Å². The van der Waals surface area contributed by atoms with E-state index < -0.39 is 11.7 Å². The number of carbonyl (C=O) groups is 3. The van der Waals surface area contributed by atoms with Crippen LogP contribution in [0.3, 0.4) is 0 Å². The third-order valence-corrected chi connectivity index (χ3v) is 4.95. The Morgan fingerprint density at radius 2 is 1.84 bits per heavy atom. The number of hydrogen-bond acceptors (Lipinski definition) is 5. The number of hydrogen-bond donors (Lipinski definition) is 2. The molecule has 0 radical (unpaired) electrons. The fraction of sp³-hybridized carbons (Fsp3) is 0.591. The van der Waals surface area contributed by atoms with Gasteiger partial charge in [-0.2, -0.15) is 0 Å². The number of likely N-dealkylation sites (tertiary alicyclic amines) is 1. The van der Waals surface area contributed by atoms with E-state index in [2.05, 4.69) is 10.6 Å². The molecule has 1 aromatic rings. The Morgan fingerprint density at radius 3 is 2.48 bits per heavy atom. The molecule has 9 heteroatoms. The zero-order valence-electron chi connectivity index (χ0n) is 18.4. The Morgan fingerprint density at radius 1 is 1.16 bits per heavy atom. The van der Waals surface area contributed by atoms with Crippen LogP contribution in [0.15, 0.2) is 24.3 Å². The SMILES string of the molecule is CC(C)(C)OC(=O)NCC(=O)N1CCC(NC(=O)CCCOc2ccccc2Cl)CC1. The van der Waals surface area contributed by atoms with Crippen LogP contribution in [-0.2, 0) is 14.3 Å². The molecule has 2 N–H and O–H groups in total. The number of nitrogens with one attached hydrogen (secondary N) is 2. The van der Waals surface area contributed by atoms with Crippen molar-refractivity contribution in [1.29, 1.82) is 0 Å². The van der Waals surface area contributed by atoms with Gasteiger partial charge in [0.2, 0.25) is 11.8 Å². The summed E-state index contributed by atoms with van der Waals surface area (Å²) in [5.41, 5.74) is -0.607. The van der Waals surface area contributed by atoms with Crippen molar-refractivity contribution >= 4 is 29.5 Å². The van der Waals surface area contributed by atoms with E-state index in [4.69, 9.17) is 21.1 Å². The van der Waals surface area contributed by atoms with Gasteiger partial charge < -0.3 is 25.0 Å². The van der Waals surface area contributed by atoms with E-state index in [1.807, 2.05) is 12.1 Å². The van der Waals surface area contributed by atoms with Gasteiger partial charge in [0.05, 0.1) is 11.6 Å². The number of alkyl carbamates (subject to hydrolysis) is 1. The van der Waals surface area contributed by atoms with Gasteiger partial charge in [-0.3, -0.25) is 9.59 Å². The summed E-state index contributed by atoms with van der Waals surface area (Å²) in [6, 6.07) is 7.27. The molecule has 0 atom stereocenters. The lowest BCUT2D eigenvalue weighted by Crippen LogP contribution is -2.49. The van der Waals surface area contributed by atoms with Gasteiger partial charge in [0.1, 0.15) is 17.9 Å². The van der Waals surface area contributed by atoms with Gasteiger partial charge in [-0.15, -0.1) is 0 Å². The smallest absolute Gasteiger partial charge is 0.408 e. The van der Waals surface area contributed by atoms with Crippen molar-refractivity contribution in [2.45, 2.75) is 58.1 Å². The summed E-state index contributed by atoms with van der Waals surface area (Å²) < 4.78 is 10.7. The second-order valence-corrected chi connectivity index (χ2v) is 8.87. The number of nitrogens with zero attached hydrogens (tertiary/aromatic N) is 1. The molecule has 0 aliphatic carbocycles. The Balaban J connectivity index is 1.59. The van der Waals surface area contributed by atoms with Crippen molar-refractivity contribution in [1.82, 2.24) is 15.5 Å². The van der Waals surface area contributed by atoms with Crippen molar-refractivity contribution in [3.05, 3.63) is 29.3 Å². The highest BCUT2D eigenvalue weighted by Crippen LogP contribution is 2.23. The largest absolute Gasteiger partial charge is 0.492 e. The first-order valence-electron chi connectivity index (χ1n) is 10.6. The van der Waals surface area contributed by atoms with E-state index in [0.29, 0.717) is 56.2 Å². The molecule has 1 aromatic carbocycles. The fourth-order valence-corrected chi connectivity index (χ4v) is 3.31.